The fourth-order valence-electron chi connectivity index (χ4n) is 8.78. The summed E-state index contributed by atoms with van der Waals surface area (Å²) in [6.45, 7) is 2.14. The molecule has 7 N–H and O–H groups in total. The number of nitrogens with zero attached hydrogens (tertiary/aromatic N) is 1. The van der Waals surface area contributed by atoms with Crippen LogP contribution >= 0.6 is 0 Å². The van der Waals surface area contributed by atoms with E-state index in [1.807, 2.05) is 18.2 Å². The molecule has 1 saturated carbocycles. The number of aliphatic hydroxyl groups excluding tert-OH is 1. The van der Waals surface area contributed by atoms with E-state index in [9.17, 15) is 34.5 Å². The van der Waals surface area contributed by atoms with Crippen molar-refractivity contribution in [2.24, 2.45) is 5.92 Å². The van der Waals surface area contributed by atoms with Crippen LogP contribution < -0.4 is 26.2 Å². The maximum absolute atomic E-state index is 15.2. The smallest absolute Gasteiger partial charge is 0.347 e. The summed E-state index contributed by atoms with van der Waals surface area (Å²) >= 11 is 0. The predicted octanol–water partition coefficient (Wildman–Crippen LogP) is 5.48. The van der Waals surface area contributed by atoms with E-state index in [0.717, 1.165) is 32.5 Å². The van der Waals surface area contributed by atoms with Crippen LogP contribution in [0, 0.1) is 17.6 Å². The van der Waals surface area contributed by atoms with Crippen molar-refractivity contribution >= 4 is 28.7 Å². The van der Waals surface area contributed by atoms with Gasteiger partial charge in [0.1, 0.15) is 11.5 Å². The second-order valence-electron chi connectivity index (χ2n) is 17.4. The lowest BCUT2D eigenvalue weighted by Crippen LogP contribution is -2.54. The number of piperidine rings is 1. The number of hydrogen-bond acceptors (Lipinski definition) is 11. The molecule has 2 amide bonds. The lowest BCUT2D eigenvalue weighted by Gasteiger charge is -2.36. The van der Waals surface area contributed by atoms with Gasteiger partial charge in [-0.2, -0.15) is 0 Å². The van der Waals surface area contributed by atoms with Crippen LogP contribution in [-0.2, 0) is 33.0 Å². The number of phenols is 1. The van der Waals surface area contributed by atoms with Crippen molar-refractivity contribution in [2.45, 2.75) is 62.6 Å². The number of halogens is 2. The van der Waals surface area contributed by atoms with Gasteiger partial charge in [-0.15, -0.1) is 0 Å². The number of rotatable bonds is 18. The molecule has 5 aromatic carbocycles. The van der Waals surface area contributed by atoms with Gasteiger partial charge in [0.2, 0.25) is 11.2 Å². The van der Waals surface area contributed by atoms with Crippen LogP contribution in [0.25, 0.3) is 10.9 Å². The van der Waals surface area contributed by atoms with Gasteiger partial charge in [0, 0.05) is 54.3 Å². The predicted molar refractivity (Wildman–Crippen MR) is 248 cm³/mol. The lowest BCUT2D eigenvalue weighted by atomic mass is 9.86. The quantitative estimate of drug-likeness (QED) is 0.0538. The first-order chi connectivity index (χ1) is 32.8. The molecule has 2 fully saturated rings. The highest BCUT2D eigenvalue weighted by Crippen LogP contribution is 2.34. The monoisotopic (exact) mass is 929 g/mol. The molecule has 0 spiro atoms. The summed E-state index contributed by atoms with van der Waals surface area (Å²) in [5.41, 5.74) is -0.791. The summed E-state index contributed by atoms with van der Waals surface area (Å²) in [6.07, 6.45) is 1.27. The molecule has 1 aliphatic heterocycles. The van der Waals surface area contributed by atoms with Crippen molar-refractivity contribution in [1.29, 1.82) is 0 Å². The molecule has 2 heterocycles. The summed E-state index contributed by atoms with van der Waals surface area (Å²) in [7, 11) is 0. The number of aromatic amines is 1. The second-order valence-corrected chi connectivity index (χ2v) is 17.4. The Bertz CT molecular complexity index is 2800. The number of H-pyrrole nitrogens is 1. The minimum atomic E-state index is -2.15. The number of likely N-dealkylation sites (tertiary alicyclic amines) is 1. The van der Waals surface area contributed by atoms with Crippen molar-refractivity contribution < 1.29 is 48.0 Å². The van der Waals surface area contributed by atoms with Gasteiger partial charge in [-0.3, -0.25) is 19.3 Å². The molecule has 0 bridgehead atoms. The van der Waals surface area contributed by atoms with E-state index in [2.05, 4.69) is 38.0 Å². The number of benzene rings is 5. The molecule has 68 heavy (non-hydrogen) atoms. The van der Waals surface area contributed by atoms with Crippen LogP contribution in [0.4, 0.5) is 8.78 Å². The average molecular weight is 930 g/mol. The summed E-state index contributed by atoms with van der Waals surface area (Å²) in [6, 6.07) is 32.4. The number of carbonyl (C=O) groups is 3. The third-order valence-corrected chi connectivity index (χ3v) is 12.7. The molecule has 14 nitrogen and oxygen atoms in total. The first-order valence-electron chi connectivity index (χ1n) is 22.6. The molecule has 1 saturated heterocycles. The van der Waals surface area contributed by atoms with E-state index in [-0.39, 0.29) is 66.4 Å². The van der Waals surface area contributed by atoms with Crippen molar-refractivity contribution in [3.8, 4) is 11.5 Å². The van der Waals surface area contributed by atoms with Crippen molar-refractivity contribution in [3.05, 3.63) is 177 Å². The number of pyridine rings is 1. The van der Waals surface area contributed by atoms with Gasteiger partial charge in [-0.1, -0.05) is 84.9 Å². The number of aliphatic hydroxyl groups is 2. The van der Waals surface area contributed by atoms with Crippen LogP contribution in [0.15, 0.2) is 126 Å². The van der Waals surface area contributed by atoms with E-state index in [4.69, 9.17) is 9.47 Å². The van der Waals surface area contributed by atoms with Gasteiger partial charge in [0.25, 0.3) is 11.8 Å². The lowest BCUT2D eigenvalue weighted by molar-refractivity contribution is -0.164. The topological polar surface area (TPSA) is 203 Å². The average Bonchev–Trinajstić information content (AvgIpc) is 3.34. The number of ether oxygens (including phenoxy) is 2. The Balaban J connectivity index is 0.784. The molecule has 1 aromatic heterocycles. The van der Waals surface area contributed by atoms with E-state index >= 15 is 8.78 Å². The highest BCUT2D eigenvalue weighted by molar-refractivity contribution is 5.95. The number of carbonyl (C=O) groups excluding carboxylic acids is 3. The number of hydrogen-bond donors (Lipinski definition) is 7. The van der Waals surface area contributed by atoms with E-state index < -0.39 is 58.3 Å². The third kappa shape index (κ3) is 11.1. The molecule has 16 heteroatoms. The molecule has 0 unspecified atom stereocenters. The number of nitrogens with one attached hydrogen (secondary N) is 4. The molecule has 8 rings (SSSR count). The zero-order valence-electron chi connectivity index (χ0n) is 37.1. The largest absolute Gasteiger partial charge is 0.506 e. The van der Waals surface area contributed by atoms with Gasteiger partial charge in [-0.05, 0) is 91.7 Å². The first kappa shape index (κ1) is 47.5. The number of aromatic hydroxyl groups is 1. The molecule has 2 atom stereocenters. The molecular weight excluding hydrogens is 877 g/mol. The Kier molecular flexibility index (Phi) is 14.9. The fraction of sp³-hybridized carbons (Fsp3) is 0.308. The fourth-order valence-corrected chi connectivity index (χ4v) is 8.78. The molecule has 0 radical (unpaired) electrons. The normalized spacial score (nSPS) is 17.6. The standard InChI is InChI=1S/C52H53F2N5O9/c53-47-34(27-55-28-44(61)40-16-18-43(60)49-41(40)17-19-45(62)58-49)14-15-42(48(47)54)50(64)57-38-25-37(26-38)56-46(63)31-67-39-13-7-12-36(24-39)52(66,35-10-5-2-6-11-35)51(65)68-30-33-20-22-59(23-21-33)29-32-8-3-1-4-9-32/h1-19,24,33,37-38,44,55,60-61,66H,20-23,25-31H2,(H,56,63)(H,57,64)(H,58,62)/t37-,38-,44-,52-/m0/s1. The summed E-state index contributed by atoms with van der Waals surface area (Å²) < 4.78 is 41.9. The van der Waals surface area contributed by atoms with Crippen molar-refractivity contribution in [2.75, 3.05) is 32.8 Å². The molecule has 6 aromatic rings. The summed E-state index contributed by atoms with van der Waals surface area (Å²) in [4.78, 5) is 56.4. The van der Waals surface area contributed by atoms with Gasteiger partial charge in [-0.25, -0.2) is 13.6 Å². The van der Waals surface area contributed by atoms with Crippen LogP contribution in [-0.4, -0.2) is 87.9 Å². The number of fused-ring (bicyclic) bond motifs is 1. The van der Waals surface area contributed by atoms with Crippen LogP contribution in [0.5, 0.6) is 11.5 Å². The van der Waals surface area contributed by atoms with Gasteiger partial charge in [0.15, 0.2) is 18.2 Å². The number of amides is 2. The maximum Gasteiger partial charge on any atom is 0.347 e. The van der Waals surface area contributed by atoms with Crippen LogP contribution in [0.1, 0.15) is 70.0 Å². The Labute approximate surface area is 390 Å². The number of esters is 1. The van der Waals surface area contributed by atoms with Crippen LogP contribution in [0.2, 0.25) is 0 Å². The summed E-state index contributed by atoms with van der Waals surface area (Å²) in [5.74, 6) is -4.40. The Morgan fingerprint density at radius 3 is 2.28 bits per heavy atom. The number of aromatic nitrogens is 1. The minimum Gasteiger partial charge on any atom is -0.506 e. The third-order valence-electron chi connectivity index (χ3n) is 12.7. The zero-order valence-corrected chi connectivity index (χ0v) is 37.1. The van der Waals surface area contributed by atoms with E-state index in [1.54, 1.807) is 48.5 Å². The Morgan fingerprint density at radius 1 is 0.824 bits per heavy atom. The Morgan fingerprint density at radius 2 is 1.53 bits per heavy atom. The van der Waals surface area contributed by atoms with E-state index in [0.29, 0.717) is 29.4 Å². The number of phenolic OH excluding ortho intramolecular Hbond substituents is 1. The molecule has 354 valence electrons. The van der Waals surface area contributed by atoms with Gasteiger partial charge < -0.3 is 45.7 Å². The molecule has 2 aliphatic rings. The highest BCUT2D eigenvalue weighted by Gasteiger charge is 2.42. The minimum absolute atomic E-state index is 0.0715. The summed E-state index contributed by atoms with van der Waals surface area (Å²) in [5, 5.41) is 41.8. The second kappa shape index (κ2) is 21.3. The van der Waals surface area contributed by atoms with Gasteiger partial charge >= 0.3 is 5.97 Å². The van der Waals surface area contributed by atoms with Crippen molar-refractivity contribution in [3.63, 3.8) is 0 Å². The maximum atomic E-state index is 15.2. The van der Waals surface area contributed by atoms with Crippen molar-refractivity contribution in [1.82, 2.24) is 25.8 Å². The first-order valence-corrected chi connectivity index (χ1v) is 22.6. The highest BCUT2D eigenvalue weighted by atomic mass is 19.2. The van der Waals surface area contributed by atoms with Crippen LogP contribution in [0.3, 0.4) is 0 Å². The SMILES string of the molecule is O=C(COc1cccc([C@](O)(C(=O)OCC2CCN(Cc3ccccc3)CC2)c2ccccc2)c1)N[C@H]1C[C@H](NC(=O)c2ccc(CNC[C@H](O)c3ccc(O)c4[nH]c(=O)ccc34)c(F)c2F)C1. The van der Waals surface area contributed by atoms with E-state index in [1.165, 1.54) is 48.0 Å². The molecular formula is C52H53F2N5O9. The zero-order chi connectivity index (χ0) is 47.8. The Hall–Kier alpha value is -6.98. The van der Waals surface area contributed by atoms with Gasteiger partial charge in [0.05, 0.1) is 23.8 Å². The molecule has 1 aliphatic carbocycles.